The van der Waals surface area contributed by atoms with E-state index in [1.165, 1.54) is 96.1 Å². The molecule has 0 heterocycles. The molecule has 0 unspecified atom stereocenters. The van der Waals surface area contributed by atoms with Crippen molar-refractivity contribution in [2.45, 2.75) is 187 Å². The van der Waals surface area contributed by atoms with Crippen molar-refractivity contribution in [2.75, 3.05) is 6.54 Å². The number of benzene rings is 1. The molecule has 4 atom stereocenters. The molecule has 0 aliphatic carbocycles. The Kier molecular flexibility index (Phi) is 26.6. The highest BCUT2D eigenvalue weighted by Crippen LogP contribution is 2.15. The average molecular weight is 759 g/mol. The number of unbranched alkanes of at least 4 members (excludes halogenated alkanes) is 15. The van der Waals surface area contributed by atoms with Crippen molar-refractivity contribution in [3.63, 3.8) is 0 Å². The third kappa shape index (κ3) is 23.2. The molecular formula is C42H74N6O6. The number of primary amides is 1. The molecule has 0 aliphatic rings. The van der Waals surface area contributed by atoms with Crippen molar-refractivity contribution in [3.05, 3.63) is 29.8 Å². The molecule has 9 N–H and O–H groups in total. The second-order valence-electron chi connectivity index (χ2n) is 15.4. The zero-order chi connectivity index (χ0) is 40.1. The molecule has 0 aliphatic heterocycles. The number of phenolic OH excluding ortho intramolecular Hbond substituents is 1. The standard InChI is InChI=1S/C42H74N6O6/c1-5-6-7-8-9-10-11-12-13-14-15-16-17-18-19-23-38(50)46-35(22-20-21-28-43)41(53)45-32(4)40(52)48-37(30-33-24-26-34(49)27-25-33)42(54)47-36(39(44)51)29-31(2)3/h24-27,31-32,35-37,49H,5-23,28-30,43H2,1-4H3,(H2,44,51)(H,45,53)(H,46,50)(H,47,54)(H,48,52)/t32-,35+,36+,37+/m1/s1. The maximum absolute atomic E-state index is 13.4. The molecule has 0 radical (unpaired) electrons. The number of nitrogens with one attached hydrogen (secondary N) is 4. The first kappa shape index (κ1) is 48.3. The van der Waals surface area contributed by atoms with Gasteiger partial charge in [-0.05, 0) is 69.2 Å². The van der Waals surface area contributed by atoms with Crippen LogP contribution in [-0.4, -0.2) is 65.4 Å². The van der Waals surface area contributed by atoms with Crippen molar-refractivity contribution in [1.29, 1.82) is 0 Å². The van der Waals surface area contributed by atoms with Crippen molar-refractivity contribution >= 4 is 29.5 Å². The molecule has 0 aromatic heterocycles. The highest BCUT2D eigenvalue weighted by atomic mass is 16.3. The summed E-state index contributed by atoms with van der Waals surface area (Å²) in [5.74, 6) is -2.48. The van der Waals surface area contributed by atoms with E-state index >= 15 is 0 Å². The second kappa shape index (κ2) is 29.7. The van der Waals surface area contributed by atoms with Gasteiger partial charge in [-0.1, -0.05) is 123 Å². The van der Waals surface area contributed by atoms with Crippen LogP contribution in [-0.2, 0) is 30.4 Å². The van der Waals surface area contributed by atoms with Gasteiger partial charge < -0.3 is 37.8 Å². The van der Waals surface area contributed by atoms with E-state index in [1.54, 1.807) is 12.1 Å². The van der Waals surface area contributed by atoms with Crippen LogP contribution in [0.1, 0.15) is 162 Å². The van der Waals surface area contributed by atoms with Crippen LogP contribution in [0.15, 0.2) is 24.3 Å². The molecule has 1 rings (SSSR count). The van der Waals surface area contributed by atoms with Gasteiger partial charge in [0, 0.05) is 12.8 Å². The van der Waals surface area contributed by atoms with Crippen LogP contribution in [0.25, 0.3) is 0 Å². The Balaban J connectivity index is 2.64. The van der Waals surface area contributed by atoms with E-state index in [4.69, 9.17) is 11.5 Å². The zero-order valence-electron chi connectivity index (χ0n) is 33.9. The number of phenols is 1. The Bertz CT molecular complexity index is 1210. The van der Waals surface area contributed by atoms with Gasteiger partial charge in [0.25, 0.3) is 0 Å². The van der Waals surface area contributed by atoms with Crippen LogP contribution in [0.5, 0.6) is 5.75 Å². The van der Waals surface area contributed by atoms with Gasteiger partial charge >= 0.3 is 0 Å². The van der Waals surface area contributed by atoms with E-state index in [9.17, 15) is 29.1 Å². The molecule has 0 bridgehead atoms. The summed E-state index contributed by atoms with van der Waals surface area (Å²) in [5.41, 5.74) is 11.9. The summed E-state index contributed by atoms with van der Waals surface area (Å²) >= 11 is 0. The number of carbonyl (C=O) groups is 5. The number of rotatable bonds is 32. The monoisotopic (exact) mass is 759 g/mol. The summed E-state index contributed by atoms with van der Waals surface area (Å²) in [7, 11) is 0. The summed E-state index contributed by atoms with van der Waals surface area (Å²) in [6, 6.07) is 2.28. The van der Waals surface area contributed by atoms with Gasteiger partial charge in [0.2, 0.25) is 29.5 Å². The van der Waals surface area contributed by atoms with Gasteiger partial charge in [-0.25, -0.2) is 0 Å². The summed E-state index contributed by atoms with van der Waals surface area (Å²) in [5, 5.41) is 20.6. The van der Waals surface area contributed by atoms with Gasteiger partial charge in [0.1, 0.15) is 29.9 Å². The van der Waals surface area contributed by atoms with Gasteiger partial charge in [-0.3, -0.25) is 24.0 Å². The van der Waals surface area contributed by atoms with Crippen molar-refractivity contribution in [2.24, 2.45) is 17.4 Å². The fraction of sp³-hybridized carbons (Fsp3) is 0.738. The lowest BCUT2D eigenvalue weighted by Crippen LogP contribution is -2.58. The summed E-state index contributed by atoms with van der Waals surface area (Å²) < 4.78 is 0. The minimum atomic E-state index is -1.11. The number of amides is 5. The van der Waals surface area contributed by atoms with Crippen molar-refractivity contribution < 1.29 is 29.1 Å². The SMILES string of the molecule is CCCCCCCCCCCCCCCCCC(=O)N[C@@H](CCCCN)C(=O)N[C@H](C)C(=O)N[C@@H](Cc1ccc(O)cc1)C(=O)N[C@@H](CC(C)C)C(N)=O. The lowest BCUT2D eigenvalue weighted by molar-refractivity contribution is -0.134. The van der Waals surface area contributed by atoms with Crippen LogP contribution in [0.2, 0.25) is 0 Å². The molecule has 5 amide bonds. The van der Waals surface area contributed by atoms with Gasteiger partial charge in [-0.2, -0.15) is 0 Å². The van der Waals surface area contributed by atoms with Crippen LogP contribution >= 0.6 is 0 Å². The number of aromatic hydroxyl groups is 1. The smallest absolute Gasteiger partial charge is 0.243 e. The topological polar surface area (TPSA) is 206 Å². The minimum Gasteiger partial charge on any atom is -0.508 e. The average Bonchev–Trinajstić information content (AvgIpc) is 3.12. The van der Waals surface area contributed by atoms with E-state index in [0.717, 1.165) is 19.3 Å². The largest absolute Gasteiger partial charge is 0.508 e. The Morgan fingerprint density at radius 3 is 1.61 bits per heavy atom. The maximum Gasteiger partial charge on any atom is 0.243 e. The second-order valence-corrected chi connectivity index (χ2v) is 15.4. The number of hydrogen-bond donors (Lipinski definition) is 7. The Morgan fingerprint density at radius 1 is 0.611 bits per heavy atom. The third-order valence-electron chi connectivity index (χ3n) is 9.73. The molecule has 0 fully saturated rings. The number of nitrogens with two attached hydrogens (primary N) is 2. The molecule has 1 aromatic rings. The van der Waals surface area contributed by atoms with Crippen LogP contribution < -0.4 is 32.7 Å². The molecule has 0 saturated heterocycles. The lowest BCUT2D eigenvalue weighted by Gasteiger charge is -2.25. The van der Waals surface area contributed by atoms with Gasteiger partial charge in [0.05, 0.1) is 0 Å². The molecule has 12 heteroatoms. The van der Waals surface area contributed by atoms with E-state index in [1.807, 2.05) is 13.8 Å². The summed E-state index contributed by atoms with van der Waals surface area (Å²) in [6.07, 6.45) is 21.0. The highest BCUT2D eigenvalue weighted by Gasteiger charge is 2.29. The molecule has 0 saturated carbocycles. The highest BCUT2D eigenvalue weighted by molar-refractivity contribution is 5.95. The number of hydrogen-bond acceptors (Lipinski definition) is 7. The summed E-state index contributed by atoms with van der Waals surface area (Å²) in [6.45, 7) is 8.01. The Morgan fingerprint density at radius 2 is 1.11 bits per heavy atom. The van der Waals surface area contributed by atoms with E-state index in [-0.39, 0.29) is 24.0 Å². The lowest BCUT2D eigenvalue weighted by atomic mass is 10.0. The van der Waals surface area contributed by atoms with Crippen LogP contribution in [0.3, 0.4) is 0 Å². The maximum atomic E-state index is 13.4. The Labute approximate surface area is 325 Å². The molecule has 1 aromatic carbocycles. The number of carbonyl (C=O) groups excluding carboxylic acids is 5. The molecular weight excluding hydrogens is 684 g/mol. The molecule has 308 valence electrons. The van der Waals surface area contributed by atoms with Crippen molar-refractivity contribution in [1.82, 2.24) is 21.3 Å². The van der Waals surface area contributed by atoms with E-state index < -0.39 is 47.8 Å². The van der Waals surface area contributed by atoms with Crippen LogP contribution in [0, 0.1) is 5.92 Å². The predicted molar refractivity (Wildman–Crippen MR) is 216 cm³/mol. The first-order valence-corrected chi connectivity index (χ1v) is 20.9. The fourth-order valence-corrected chi connectivity index (χ4v) is 6.43. The zero-order valence-corrected chi connectivity index (χ0v) is 33.9. The Hall–Kier alpha value is -3.67. The van der Waals surface area contributed by atoms with Gasteiger partial charge in [0.15, 0.2) is 0 Å². The molecule has 12 nitrogen and oxygen atoms in total. The van der Waals surface area contributed by atoms with E-state index in [0.29, 0.717) is 44.2 Å². The fourth-order valence-electron chi connectivity index (χ4n) is 6.43. The first-order valence-electron chi connectivity index (χ1n) is 20.9. The normalized spacial score (nSPS) is 13.4. The van der Waals surface area contributed by atoms with Crippen molar-refractivity contribution in [3.8, 4) is 5.75 Å². The van der Waals surface area contributed by atoms with E-state index in [2.05, 4.69) is 28.2 Å². The predicted octanol–water partition coefficient (Wildman–Crippen LogP) is 5.82. The first-order chi connectivity index (χ1) is 25.9. The van der Waals surface area contributed by atoms with Gasteiger partial charge in [-0.15, -0.1) is 0 Å². The summed E-state index contributed by atoms with van der Waals surface area (Å²) in [4.78, 5) is 65.1. The quantitative estimate of drug-likeness (QED) is 0.0448. The van der Waals surface area contributed by atoms with Crippen LogP contribution in [0.4, 0.5) is 0 Å². The molecule has 0 spiro atoms. The molecule has 54 heavy (non-hydrogen) atoms. The third-order valence-corrected chi connectivity index (χ3v) is 9.73. The minimum absolute atomic E-state index is 0.0498.